The topological polar surface area (TPSA) is 237 Å². The molecule has 3 N–H and O–H groups in total. The van der Waals surface area contributed by atoms with Crippen LogP contribution in [0.5, 0.6) is 0 Å². The molecular weight excluding hydrogens is 1390 g/mol. The summed E-state index contributed by atoms with van der Waals surface area (Å²) in [5.74, 6) is -0.586. The van der Waals surface area contributed by atoms with Gasteiger partial charge in [-0.25, -0.2) is 9.13 Å². The molecule has 0 heterocycles. The number of carbonyl (C=O) groups excluding carboxylic acids is 4. The Hall–Kier alpha value is -2.46. The van der Waals surface area contributed by atoms with E-state index in [9.17, 15) is 43.2 Å². The summed E-state index contributed by atoms with van der Waals surface area (Å²) in [4.78, 5) is 73.3. The van der Waals surface area contributed by atoms with Crippen molar-refractivity contribution in [3.63, 3.8) is 0 Å². The highest BCUT2D eigenvalue weighted by Gasteiger charge is 2.30. The average molecular weight is 1560 g/mol. The van der Waals surface area contributed by atoms with Crippen molar-refractivity contribution >= 4 is 39.5 Å². The summed E-state index contributed by atoms with van der Waals surface area (Å²) in [6.07, 6.45) is 74.5. The predicted molar refractivity (Wildman–Crippen MR) is 441 cm³/mol. The molecule has 0 fully saturated rings. The number of phosphoric ester groups is 2. The lowest BCUT2D eigenvalue weighted by atomic mass is 10.0. The first kappa shape index (κ1) is 105. The number of hydrogen-bond acceptors (Lipinski definition) is 15. The van der Waals surface area contributed by atoms with Gasteiger partial charge in [-0.3, -0.25) is 37.3 Å². The van der Waals surface area contributed by atoms with Gasteiger partial charge >= 0.3 is 39.5 Å². The molecule has 0 amide bonds. The number of hydrogen-bond donors (Lipinski definition) is 3. The third kappa shape index (κ3) is 81.4. The van der Waals surface area contributed by atoms with Gasteiger partial charge in [-0.1, -0.05) is 393 Å². The number of aliphatic hydroxyl groups is 1. The van der Waals surface area contributed by atoms with Gasteiger partial charge in [0.1, 0.15) is 19.3 Å². The van der Waals surface area contributed by atoms with Gasteiger partial charge in [-0.15, -0.1) is 0 Å². The van der Waals surface area contributed by atoms with Gasteiger partial charge in [-0.05, 0) is 63.2 Å². The van der Waals surface area contributed by atoms with Gasteiger partial charge in [0.25, 0.3) is 0 Å². The lowest BCUT2D eigenvalue weighted by molar-refractivity contribution is -0.161. The lowest BCUT2D eigenvalue weighted by Gasteiger charge is -2.21. The van der Waals surface area contributed by atoms with E-state index < -0.39 is 97.5 Å². The fourth-order valence-corrected chi connectivity index (χ4v) is 14.8. The van der Waals surface area contributed by atoms with E-state index in [1.54, 1.807) is 0 Å². The fraction of sp³-hybridized carbons (Fsp3) is 0.909. The molecule has 0 spiro atoms. The smallest absolute Gasteiger partial charge is 0.462 e. The van der Waals surface area contributed by atoms with Crippen LogP contribution in [0, 0.1) is 11.8 Å². The molecule has 2 unspecified atom stereocenters. The quantitative estimate of drug-likeness (QED) is 0.0169. The molecule has 0 aromatic heterocycles. The van der Waals surface area contributed by atoms with E-state index in [2.05, 4.69) is 65.8 Å². The first-order chi connectivity index (χ1) is 51.9. The molecule has 0 rings (SSSR count). The minimum Gasteiger partial charge on any atom is -0.462 e. The van der Waals surface area contributed by atoms with Gasteiger partial charge in [0, 0.05) is 25.7 Å². The molecule has 0 aromatic carbocycles. The van der Waals surface area contributed by atoms with Crippen molar-refractivity contribution in [3.05, 3.63) is 24.3 Å². The van der Waals surface area contributed by atoms with Crippen LogP contribution < -0.4 is 0 Å². The number of allylic oxidation sites excluding steroid dienone is 4. The Labute approximate surface area is 656 Å². The van der Waals surface area contributed by atoms with Gasteiger partial charge in [0.2, 0.25) is 0 Å². The third-order valence-electron chi connectivity index (χ3n) is 20.1. The van der Waals surface area contributed by atoms with E-state index in [1.165, 1.54) is 250 Å². The van der Waals surface area contributed by atoms with Crippen LogP contribution in [0.25, 0.3) is 0 Å². The first-order valence-corrected chi connectivity index (χ1v) is 47.8. The van der Waals surface area contributed by atoms with Crippen LogP contribution in [-0.2, 0) is 65.4 Å². The highest BCUT2D eigenvalue weighted by Crippen LogP contribution is 2.45. The van der Waals surface area contributed by atoms with Crippen LogP contribution >= 0.6 is 15.6 Å². The van der Waals surface area contributed by atoms with E-state index in [0.717, 1.165) is 115 Å². The molecule has 17 nitrogen and oxygen atoms in total. The fourth-order valence-electron chi connectivity index (χ4n) is 13.2. The SMILES string of the molecule is CCCCCC/C=C\C=C/CCCCCCCC(=O)O[C@H](COC(=O)CCCCCCCCCCCC(C)C)COP(=O)(O)OC[C@H](O)COP(=O)(O)OC[C@@H](COC(=O)CCCCCCCCCCCCCCCCCC(C)C)OC(=O)CCCCCCCCCCCCCCCCCCCCCCCC. The Bertz CT molecular complexity index is 2140. The minimum absolute atomic E-state index is 0.0850. The second kappa shape index (κ2) is 78.8. The maximum atomic E-state index is 13.2. The zero-order valence-electron chi connectivity index (χ0n) is 69.9. The van der Waals surface area contributed by atoms with Crippen molar-refractivity contribution in [1.29, 1.82) is 0 Å². The second-order valence-corrected chi connectivity index (χ2v) is 34.8. The van der Waals surface area contributed by atoms with Crippen LogP contribution in [0.2, 0.25) is 0 Å². The molecule has 0 aliphatic rings. The molecule has 0 bridgehead atoms. The molecule has 0 radical (unpaired) electrons. The Morgan fingerprint density at radius 1 is 0.290 bits per heavy atom. The zero-order valence-corrected chi connectivity index (χ0v) is 71.7. The summed E-state index contributed by atoms with van der Waals surface area (Å²) < 4.78 is 68.9. The predicted octanol–water partition coefficient (Wildman–Crippen LogP) is 26.6. The molecule has 19 heteroatoms. The maximum Gasteiger partial charge on any atom is 0.472 e. The normalized spacial score (nSPS) is 13.9. The van der Waals surface area contributed by atoms with Gasteiger partial charge in [0.05, 0.1) is 26.4 Å². The number of carbonyl (C=O) groups is 4. The van der Waals surface area contributed by atoms with Crippen molar-refractivity contribution in [1.82, 2.24) is 0 Å². The molecular formula is C88H168O17P2. The molecule has 0 saturated carbocycles. The van der Waals surface area contributed by atoms with Crippen LogP contribution in [0.3, 0.4) is 0 Å². The minimum atomic E-state index is -4.97. The standard InChI is InChI=1S/C88H168O17P2/c1-7-9-11-13-15-17-19-21-23-24-25-26-27-28-29-33-38-42-48-55-61-67-73-88(93)104-83(76-98-85(90)70-64-58-52-46-40-36-34-30-32-35-39-44-50-56-62-68-80(3)4)78-102-106(94,95)100-74-82(89)75-101-107(96,97)103-79-84(77-99-86(91)71-65-59-53-49-43-45-51-57-63-69-81(5)6)105-87(92)72-66-60-54-47-41-37-31-22-20-18-16-14-12-10-8-2/h18,20,22,31,80-84,89H,7-17,19,21,23-30,32-79H2,1-6H3,(H,94,95)(H,96,97)/b20-18-,31-22-/t82-,83-,84-/m1/s1. The Kier molecular flexibility index (Phi) is 77.0. The summed E-state index contributed by atoms with van der Waals surface area (Å²) in [5, 5.41) is 10.7. The Morgan fingerprint density at radius 2 is 0.505 bits per heavy atom. The van der Waals surface area contributed by atoms with E-state index >= 15 is 0 Å². The number of phosphoric acid groups is 2. The van der Waals surface area contributed by atoms with Crippen LogP contribution in [0.15, 0.2) is 24.3 Å². The van der Waals surface area contributed by atoms with E-state index in [-0.39, 0.29) is 25.7 Å². The van der Waals surface area contributed by atoms with Crippen molar-refractivity contribution in [2.24, 2.45) is 11.8 Å². The van der Waals surface area contributed by atoms with Crippen molar-refractivity contribution in [2.45, 2.75) is 464 Å². The molecule has 0 aromatic rings. The Balaban J connectivity index is 5.27. The zero-order chi connectivity index (χ0) is 78.5. The monoisotopic (exact) mass is 1560 g/mol. The van der Waals surface area contributed by atoms with Gasteiger partial charge in [-0.2, -0.15) is 0 Å². The van der Waals surface area contributed by atoms with Crippen LogP contribution in [0.1, 0.15) is 446 Å². The van der Waals surface area contributed by atoms with E-state index in [1.807, 2.05) is 0 Å². The lowest BCUT2D eigenvalue weighted by Crippen LogP contribution is -2.30. The van der Waals surface area contributed by atoms with Crippen LogP contribution in [-0.4, -0.2) is 96.7 Å². The van der Waals surface area contributed by atoms with Crippen molar-refractivity contribution < 1.29 is 80.2 Å². The third-order valence-corrected chi connectivity index (χ3v) is 22.0. The number of rotatable bonds is 85. The highest BCUT2D eigenvalue weighted by molar-refractivity contribution is 7.47. The van der Waals surface area contributed by atoms with E-state index in [0.29, 0.717) is 25.7 Å². The van der Waals surface area contributed by atoms with E-state index in [4.69, 9.17) is 37.0 Å². The van der Waals surface area contributed by atoms with Gasteiger partial charge in [0.15, 0.2) is 12.2 Å². The molecule has 632 valence electrons. The first-order valence-electron chi connectivity index (χ1n) is 44.8. The summed E-state index contributed by atoms with van der Waals surface area (Å²) >= 11 is 0. The summed E-state index contributed by atoms with van der Waals surface area (Å²) in [7, 11) is -9.94. The van der Waals surface area contributed by atoms with Gasteiger partial charge < -0.3 is 33.8 Å². The second-order valence-electron chi connectivity index (χ2n) is 31.9. The van der Waals surface area contributed by atoms with Crippen molar-refractivity contribution in [2.75, 3.05) is 39.6 Å². The molecule has 107 heavy (non-hydrogen) atoms. The van der Waals surface area contributed by atoms with Crippen LogP contribution in [0.4, 0.5) is 0 Å². The van der Waals surface area contributed by atoms with Crippen molar-refractivity contribution in [3.8, 4) is 0 Å². The maximum absolute atomic E-state index is 13.2. The number of unbranched alkanes of at least 4 members (excludes halogenated alkanes) is 52. The number of esters is 4. The summed E-state index contributed by atoms with van der Waals surface area (Å²) in [6, 6.07) is 0. The molecule has 0 saturated heterocycles. The summed E-state index contributed by atoms with van der Waals surface area (Å²) in [6.45, 7) is 9.62. The largest absolute Gasteiger partial charge is 0.472 e. The Morgan fingerprint density at radius 3 is 0.766 bits per heavy atom. The number of ether oxygens (including phenoxy) is 4. The molecule has 5 atom stereocenters. The molecule has 0 aliphatic heterocycles. The average Bonchev–Trinajstić information content (AvgIpc) is 0.901. The molecule has 0 aliphatic carbocycles. The number of aliphatic hydroxyl groups excluding tert-OH is 1. The highest BCUT2D eigenvalue weighted by atomic mass is 31.2. The summed E-state index contributed by atoms with van der Waals surface area (Å²) in [5.41, 5.74) is 0.